The zero-order valence-corrected chi connectivity index (χ0v) is 7.57. The summed E-state index contributed by atoms with van der Waals surface area (Å²) in [5, 5.41) is 9.88. The third-order valence-corrected chi connectivity index (χ3v) is 2.51. The second kappa shape index (κ2) is 3.94. The van der Waals surface area contributed by atoms with Gasteiger partial charge in [-0.3, -0.25) is 0 Å². The average Bonchev–Trinajstić information content (AvgIpc) is 2.71. The van der Waals surface area contributed by atoms with Crippen molar-refractivity contribution in [2.45, 2.75) is 31.5 Å². The third kappa shape index (κ3) is 1.92. The molecule has 0 amide bonds. The van der Waals surface area contributed by atoms with Crippen molar-refractivity contribution in [2.24, 2.45) is 0 Å². The van der Waals surface area contributed by atoms with Gasteiger partial charge in [-0.15, -0.1) is 0 Å². The predicted molar refractivity (Wildman–Crippen MR) is 49.3 cm³/mol. The molecule has 0 bridgehead atoms. The van der Waals surface area contributed by atoms with Crippen LogP contribution in [0.25, 0.3) is 0 Å². The minimum absolute atomic E-state index is 0.0209. The van der Waals surface area contributed by atoms with Crippen molar-refractivity contribution in [3.05, 3.63) is 24.0 Å². The molecule has 2 atom stereocenters. The molecule has 2 rings (SSSR count). The van der Waals surface area contributed by atoms with Crippen molar-refractivity contribution < 1.29 is 9.84 Å². The molecular weight excluding hydrogens is 166 g/mol. The Morgan fingerprint density at radius 3 is 3.08 bits per heavy atom. The maximum absolute atomic E-state index is 9.88. The van der Waals surface area contributed by atoms with Gasteiger partial charge in [-0.05, 0) is 31.4 Å². The first-order valence-corrected chi connectivity index (χ1v) is 4.81. The Hall–Kier alpha value is -0.800. The molecule has 1 saturated heterocycles. The van der Waals surface area contributed by atoms with Crippen molar-refractivity contribution in [1.82, 2.24) is 4.98 Å². The van der Waals surface area contributed by atoms with E-state index in [0.717, 1.165) is 31.6 Å². The van der Waals surface area contributed by atoms with Crippen LogP contribution in [0, 0.1) is 0 Å². The molecule has 1 aromatic rings. The second-order valence-electron chi connectivity index (χ2n) is 3.48. The number of rotatable bonds is 2. The molecule has 2 unspecified atom stereocenters. The van der Waals surface area contributed by atoms with Crippen LogP contribution in [-0.4, -0.2) is 22.8 Å². The van der Waals surface area contributed by atoms with E-state index >= 15 is 0 Å². The highest BCUT2D eigenvalue weighted by Gasteiger charge is 2.24. The molecule has 13 heavy (non-hydrogen) atoms. The molecule has 2 N–H and O–H groups in total. The van der Waals surface area contributed by atoms with Gasteiger partial charge in [0, 0.05) is 18.5 Å². The highest BCUT2D eigenvalue weighted by Crippen LogP contribution is 2.24. The first-order chi connectivity index (χ1) is 6.38. The predicted octanol–water partition coefficient (Wildman–Crippen LogP) is 1.62. The monoisotopic (exact) mass is 181 g/mol. The van der Waals surface area contributed by atoms with Crippen molar-refractivity contribution >= 4 is 0 Å². The molecule has 3 nitrogen and oxygen atoms in total. The maximum Gasteiger partial charge on any atom is 0.120 e. The van der Waals surface area contributed by atoms with Gasteiger partial charge < -0.3 is 14.8 Å². The van der Waals surface area contributed by atoms with Gasteiger partial charge in [0.2, 0.25) is 0 Å². The molecule has 0 aromatic carbocycles. The van der Waals surface area contributed by atoms with Crippen LogP contribution in [0.15, 0.2) is 18.3 Å². The van der Waals surface area contributed by atoms with Crippen LogP contribution in [0.1, 0.15) is 31.1 Å². The number of nitrogens with one attached hydrogen (secondary N) is 1. The highest BCUT2D eigenvalue weighted by atomic mass is 16.5. The van der Waals surface area contributed by atoms with Gasteiger partial charge in [0.15, 0.2) is 0 Å². The fourth-order valence-corrected chi connectivity index (χ4v) is 1.74. The lowest BCUT2D eigenvalue weighted by atomic mass is 10.0. The lowest BCUT2D eigenvalue weighted by Gasteiger charge is -2.26. The molecule has 1 aliphatic rings. The van der Waals surface area contributed by atoms with Gasteiger partial charge in [0.1, 0.15) is 6.10 Å². The number of ether oxygens (including phenoxy) is 1. The van der Waals surface area contributed by atoms with E-state index in [-0.39, 0.29) is 6.10 Å². The Labute approximate surface area is 77.7 Å². The van der Waals surface area contributed by atoms with E-state index in [1.54, 1.807) is 0 Å². The fraction of sp³-hybridized carbons (Fsp3) is 0.600. The molecule has 3 heteroatoms. The van der Waals surface area contributed by atoms with Gasteiger partial charge in [-0.1, -0.05) is 0 Å². The summed E-state index contributed by atoms with van der Waals surface area (Å²) in [6.45, 7) is 0.780. The van der Waals surface area contributed by atoms with Crippen LogP contribution in [0.5, 0.6) is 0 Å². The number of hydrogen-bond acceptors (Lipinski definition) is 2. The SMILES string of the molecule is OC(c1ccc[nH]1)C1CCCCO1. The zero-order valence-electron chi connectivity index (χ0n) is 7.57. The molecule has 0 spiro atoms. The molecule has 2 heterocycles. The van der Waals surface area contributed by atoms with Gasteiger partial charge in [-0.2, -0.15) is 0 Å². The first-order valence-electron chi connectivity index (χ1n) is 4.81. The molecular formula is C10H15NO2. The largest absolute Gasteiger partial charge is 0.384 e. The number of aliphatic hydroxyl groups excluding tert-OH is 1. The van der Waals surface area contributed by atoms with E-state index in [9.17, 15) is 5.11 Å². The van der Waals surface area contributed by atoms with Crippen molar-refractivity contribution in [3.8, 4) is 0 Å². The first kappa shape index (κ1) is 8.78. The van der Waals surface area contributed by atoms with Crippen LogP contribution in [0.4, 0.5) is 0 Å². The van der Waals surface area contributed by atoms with Crippen LogP contribution in [0.2, 0.25) is 0 Å². The van der Waals surface area contributed by atoms with Gasteiger partial charge in [-0.25, -0.2) is 0 Å². The summed E-state index contributed by atoms with van der Waals surface area (Å²) in [6.07, 6.45) is 4.54. The van der Waals surface area contributed by atoms with E-state index in [2.05, 4.69) is 4.98 Å². The zero-order chi connectivity index (χ0) is 9.10. The van der Waals surface area contributed by atoms with Crippen LogP contribution in [-0.2, 0) is 4.74 Å². The number of aromatic nitrogens is 1. The number of aromatic amines is 1. The molecule has 72 valence electrons. The summed E-state index contributed by atoms with van der Waals surface area (Å²) in [5.41, 5.74) is 0.854. The maximum atomic E-state index is 9.88. The van der Waals surface area contributed by atoms with Crippen molar-refractivity contribution in [2.75, 3.05) is 6.61 Å². The molecule has 0 aliphatic carbocycles. The Morgan fingerprint density at radius 2 is 2.46 bits per heavy atom. The molecule has 1 aromatic heterocycles. The molecule has 0 saturated carbocycles. The molecule has 1 fully saturated rings. The van der Waals surface area contributed by atoms with E-state index in [4.69, 9.17) is 4.74 Å². The highest BCUT2D eigenvalue weighted by molar-refractivity contribution is 5.08. The topological polar surface area (TPSA) is 45.2 Å². The van der Waals surface area contributed by atoms with Gasteiger partial charge >= 0.3 is 0 Å². The van der Waals surface area contributed by atoms with E-state index in [0.29, 0.717) is 0 Å². The molecule has 1 aliphatic heterocycles. The number of hydrogen-bond donors (Lipinski definition) is 2. The lowest BCUT2D eigenvalue weighted by molar-refractivity contribution is -0.0646. The Bertz CT molecular complexity index is 239. The third-order valence-electron chi connectivity index (χ3n) is 2.51. The van der Waals surface area contributed by atoms with Crippen molar-refractivity contribution in [3.63, 3.8) is 0 Å². The van der Waals surface area contributed by atoms with Crippen LogP contribution in [0.3, 0.4) is 0 Å². The number of aliphatic hydroxyl groups is 1. The summed E-state index contributed by atoms with van der Waals surface area (Å²) in [6, 6.07) is 3.78. The quantitative estimate of drug-likeness (QED) is 0.728. The summed E-state index contributed by atoms with van der Waals surface area (Å²) < 4.78 is 5.49. The van der Waals surface area contributed by atoms with E-state index in [1.807, 2.05) is 18.3 Å². The second-order valence-corrected chi connectivity index (χ2v) is 3.48. The summed E-state index contributed by atoms with van der Waals surface area (Å²) in [4.78, 5) is 3.00. The summed E-state index contributed by atoms with van der Waals surface area (Å²) >= 11 is 0. The Kier molecular flexibility index (Phi) is 2.66. The normalized spacial score (nSPS) is 25.8. The average molecular weight is 181 g/mol. The van der Waals surface area contributed by atoms with Crippen LogP contribution < -0.4 is 0 Å². The summed E-state index contributed by atoms with van der Waals surface area (Å²) in [5.74, 6) is 0. The van der Waals surface area contributed by atoms with E-state index in [1.165, 1.54) is 0 Å². The van der Waals surface area contributed by atoms with Crippen molar-refractivity contribution in [1.29, 1.82) is 0 Å². The van der Waals surface area contributed by atoms with E-state index < -0.39 is 6.10 Å². The fourth-order valence-electron chi connectivity index (χ4n) is 1.74. The Balaban J connectivity index is 1.99. The minimum atomic E-state index is -0.490. The molecule has 0 radical (unpaired) electrons. The van der Waals surface area contributed by atoms with Gasteiger partial charge in [0.05, 0.1) is 6.10 Å². The Morgan fingerprint density at radius 1 is 1.54 bits per heavy atom. The number of H-pyrrole nitrogens is 1. The minimum Gasteiger partial charge on any atom is -0.384 e. The van der Waals surface area contributed by atoms with Gasteiger partial charge in [0.25, 0.3) is 0 Å². The summed E-state index contributed by atoms with van der Waals surface area (Å²) in [7, 11) is 0. The smallest absolute Gasteiger partial charge is 0.120 e. The van der Waals surface area contributed by atoms with Crippen LogP contribution >= 0.6 is 0 Å². The standard InChI is InChI=1S/C10H15NO2/c12-10(8-4-3-6-11-8)9-5-1-2-7-13-9/h3-4,6,9-12H,1-2,5,7H2. The lowest BCUT2D eigenvalue weighted by Crippen LogP contribution is -2.26.